The van der Waals surface area contributed by atoms with Gasteiger partial charge in [-0.15, -0.1) is 0 Å². The zero-order valence-electron chi connectivity index (χ0n) is 15.5. The summed E-state index contributed by atoms with van der Waals surface area (Å²) >= 11 is 5.23. The molecule has 5 N–H and O–H groups in total. The van der Waals surface area contributed by atoms with Crippen LogP contribution in [0.1, 0.15) is 37.0 Å². The summed E-state index contributed by atoms with van der Waals surface area (Å²) in [6, 6.07) is 3.43. The quantitative estimate of drug-likeness (QED) is 0.554. The Labute approximate surface area is 154 Å². The van der Waals surface area contributed by atoms with E-state index in [1.807, 2.05) is 33.8 Å². The topological polar surface area (TPSA) is 96.2 Å². The molecule has 6 nitrogen and oxygen atoms in total. The largest absolute Gasteiger partial charge is 0.368 e. The van der Waals surface area contributed by atoms with Crippen LogP contribution in [-0.2, 0) is 9.59 Å². The second-order valence-electron chi connectivity index (χ2n) is 6.71. The summed E-state index contributed by atoms with van der Waals surface area (Å²) in [6.45, 7) is 9.98. The van der Waals surface area contributed by atoms with Crippen molar-refractivity contribution in [2.75, 3.05) is 11.9 Å². The molecule has 1 aromatic carbocycles. The molecule has 0 aliphatic carbocycles. The van der Waals surface area contributed by atoms with Crippen molar-refractivity contribution < 1.29 is 9.59 Å². The summed E-state index contributed by atoms with van der Waals surface area (Å²) in [6.07, 6.45) is 0.506. The first-order valence-corrected chi connectivity index (χ1v) is 8.72. The number of benzene rings is 1. The molecule has 0 aromatic heterocycles. The Balaban J connectivity index is 2.54. The van der Waals surface area contributed by atoms with Gasteiger partial charge in [-0.05, 0) is 68.1 Å². The van der Waals surface area contributed by atoms with E-state index >= 15 is 0 Å². The van der Waals surface area contributed by atoms with E-state index in [0.717, 1.165) is 16.8 Å². The minimum Gasteiger partial charge on any atom is -0.368 e. The lowest BCUT2D eigenvalue weighted by Crippen LogP contribution is -2.48. The molecule has 1 aromatic rings. The predicted molar refractivity (Wildman–Crippen MR) is 105 cm³/mol. The number of hydrogen-bond donors (Lipinski definition) is 4. The van der Waals surface area contributed by atoms with Crippen LogP contribution in [-0.4, -0.2) is 29.5 Å². The fourth-order valence-corrected chi connectivity index (χ4v) is 2.57. The fourth-order valence-electron chi connectivity index (χ4n) is 2.39. The Morgan fingerprint density at radius 2 is 1.72 bits per heavy atom. The van der Waals surface area contributed by atoms with Gasteiger partial charge in [0.2, 0.25) is 11.8 Å². The first-order valence-electron chi connectivity index (χ1n) is 8.31. The van der Waals surface area contributed by atoms with Crippen LogP contribution >= 0.6 is 12.2 Å². The maximum atomic E-state index is 12.0. The highest BCUT2D eigenvalue weighted by Gasteiger charge is 2.19. The number of anilines is 1. The van der Waals surface area contributed by atoms with Crippen LogP contribution in [0.25, 0.3) is 0 Å². The Hall–Kier alpha value is -2.15. The van der Waals surface area contributed by atoms with Gasteiger partial charge < -0.3 is 21.7 Å². The van der Waals surface area contributed by atoms with Crippen LogP contribution in [0.5, 0.6) is 0 Å². The number of carbonyl (C=O) groups excluding carboxylic acids is 2. The molecule has 7 heteroatoms. The third kappa shape index (κ3) is 7.09. The van der Waals surface area contributed by atoms with Gasteiger partial charge in [-0.3, -0.25) is 9.59 Å². The molecule has 1 unspecified atom stereocenters. The van der Waals surface area contributed by atoms with Crippen molar-refractivity contribution in [1.29, 1.82) is 0 Å². The molecule has 0 saturated carbocycles. The first-order chi connectivity index (χ1) is 11.6. The molecule has 1 rings (SSSR count). The number of amides is 2. The van der Waals surface area contributed by atoms with Crippen LogP contribution in [0, 0.1) is 26.7 Å². The van der Waals surface area contributed by atoms with Gasteiger partial charge in [0.15, 0.2) is 5.11 Å². The average Bonchev–Trinajstić information content (AvgIpc) is 2.49. The summed E-state index contributed by atoms with van der Waals surface area (Å²) in [7, 11) is 0. The third-order valence-electron chi connectivity index (χ3n) is 3.88. The number of rotatable bonds is 7. The predicted octanol–water partition coefficient (Wildman–Crippen LogP) is 1.91. The second-order valence-corrected chi connectivity index (χ2v) is 7.12. The van der Waals surface area contributed by atoms with Crippen molar-refractivity contribution in [2.24, 2.45) is 11.7 Å². The molecule has 0 aliphatic rings. The van der Waals surface area contributed by atoms with Crippen molar-refractivity contribution >= 4 is 34.8 Å². The second kappa shape index (κ2) is 9.36. The Kier molecular flexibility index (Phi) is 7.83. The molecule has 138 valence electrons. The number of aryl methyl sites for hydroxylation is 3. The van der Waals surface area contributed by atoms with Gasteiger partial charge in [0.1, 0.15) is 6.04 Å². The average molecular weight is 365 g/mol. The lowest BCUT2D eigenvalue weighted by Gasteiger charge is -2.18. The van der Waals surface area contributed by atoms with Crippen molar-refractivity contribution in [3.05, 3.63) is 28.8 Å². The van der Waals surface area contributed by atoms with E-state index in [1.54, 1.807) is 0 Å². The summed E-state index contributed by atoms with van der Waals surface area (Å²) in [5.41, 5.74) is 9.66. The zero-order chi connectivity index (χ0) is 19.1. The van der Waals surface area contributed by atoms with Gasteiger partial charge in [-0.1, -0.05) is 19.9 Å². The molecule has 0 saturated heterocycles. The summed E-state index contributed by atoms with van der Waals surface area (Å²) in [5.74, 6) is -0.611. The van der Waals surface area contributed by atoms with E-state index in [4.69, 9.17) is 18.0 Å². The number of carbonyl (C=O) groups is 2. The maximum absolute atomic E-state index is 12.0. The van der Waals surface area contributed by atoms with Crippen molar-refractivity contribution in [1.82, 2.24) is 10.6 Å². The standard InChI is InChI=1S/C18H28N4O2S/c1-10(2)6-15(17(19)24)21-16(23)9-20-18(25)22-14-8-12(4)11(3)7-13(14)5/h7-8,10,15H,6,9H2,1-5H3,(H2,19,24)(H,21,23)(H2,20,22,25). The van der Waals surface area contributed by atoms with E-state index in [0.29, 0.717) is 11.5 Å². The molecule has 0 fully saturated rings. The highest BCUT2D eigenvalue weighted by Crippen LogP contribution is 2.19. The van der Waals surface area contributed by atoms with E-state index < -0.39 is 11.9 Å². The van der Waals surface area contributed by atoms with Gasteiger partial charge in [0.25, 0.3) is 0 Å². The highest BCUT2D eigenvalue weighted by molar-refractivity contribution is 7.80. The third-order valence-corrected chi connectivity index (χ3v) is 4.13. The van der Waals surface area contributed by atoms with Crippen LogP contribution in [0.4, 0.5) is 5.69 Å². The van der Waals surface area contributed by atoms with Gasteiger partial charge >= 0.3 is 0 Å². The maximum Gasteiger partial charge on any atom is 0.240 e. The summed E-state index contributed by atoms with van der Waals surface area (Å²) in [4.78, 5) is 23.4. The van der Waals surface area contributed by atoms with Crippen molar-refractivity contribution in [3.63, 3.8) is 0 Å². The smallest absolute Gasteiger partial charge is 0.240 e. The zero-order valence-corrected chi connectivity index (χ0v) is 16.3. The van der Waals surface area contributed by atoms with Gasteiger partial charge in [0.05, 0.1) is 6.54 Å². The lowest BCUT2D eigenvalue weighted by atomic mass is 10.0. The van der Waals surface area contributed by atoms with Gasteiger partial charge in [-0.2, -0.15) is 0 Å². The van der Waals surface area contributed by atoms with Crippen LogP contribution < -0.4 is 21.7 Å². The summed E-state index contributed by atoms with van der Waals surface area (Å²) in [5, 5.41) is 8.92. The monoisotopic (exact) mass is 364 g/mol. The molecule has 2 amide bonds. The minimum atomic E-state index is -0.669. The number of primary amides is 1. The molecular weight excluding hydrogens is 336 g/mol. The van der Waals surface area contributed by atoms with E-state index in [1.165, 1.54) is 5.56 Å². The molecule has 0 radical (unpaired) electrons. The van der Waals surface area contributed by atoms with Gasteiger partial charge in [0, 0.05) is 5.69 Å². The number of nitrogens with one attached hydrogen (secondary N) is 3. The molecular formula is C18H28N4O2S. The molecule has 0 bridgehead atoms. The van der Waals surface area contributed by atoms with E-state index in [9.17, 15) is 9.59 Å². The minimum absolute atomic E-state index is 0.0302. The molecule has 0 spiro atoms. The number of thiocarbonyl (C=S) groups is 1. The molecule has 0 heterocycles. The van der Waals surface area contributed by atoms with Crippen molar-refractivity contribution in [2.45, 2.75) is 47.1 Å². The van der Waals surface area contributed by atoms with E-state index in [2.05, 4.69) is 28.9 Å². The van der Waals surface area contributed by atoms with Crippen LogP contribution in [0.15, 0.2) is 12.1 Å². The normalized spacial score (nSPS) is 11.8. The SMILES string of the molecule is Cc1cc(C)c(NC(=S)NCC(=O)NC(CC(C)C)C(N)=O)cc1C. The Bertz CT molecular complexity index is 659. The first kappa shape index (κ1) is 20.9. The highest BCUT2D eigenvalue weighted by atomic mass is 32.1. The Morgan fingerprint density at radius 1 is 1.12 bits per heavy atom. The lowest BCUT2D eigenvalue weighted by molar-refractivity contribution is -0.127. The van der Waals surface area contributed by atoms with E-state index in [-0.39, 0.29) is 18.4 Å². The number of nitrogens with two attached hydrogens (primary N) is 1. The molecule has 0 aliphatic heterocycles. The van der Waals surface area contributed by atoms with Crippen molar-refractivity contribution in [3.8, 4) is 0 Å². The van der Waals surface area contributed by atoms with Crippen LogP contribution in [0.2, 0.25) is 0 Å². The fraction of sp³-hybridized carbons (Fsp3) is 0.500. The number of hydrogen-bond acceptors (Lipinski definition) is 3. The van der Waals surface area contributed by atoms with Gasteiger partial charge in [-0.25, -0.2) is 0 Å². The Morgan fingerprint density at radius 3 is 2.28 bits per heavy atom. The van der Waals surface area contributed by atoms with Crippen LogP contribution in [0.3, 0.4) is 0 Å². The molecule has 1 atom stereocenters. The summed E-state index contributed by atoms with van der Waals surface area (Å²) < 4.78 is 0. The molecule has 25 heavy (non-hydrogen) atoms.